The molecule has 0 aliphatic rings. The van der Waals surface area contributed by atoms with Gasteiger partial charge in [0.1, 0.15) is 0 Å². The first-order chi connectivity index (χ1) is 6.43. The molecule has 0 aliphatic carbocycles. The van der Waals surface area contributed by atoms with Crippen LogP contribution in [0.5, 0.6) is 0 Å². The van der Waals surface area contributed by atoms with E-state index in [9.17, 15) is 0 Å². The molecule has 1 rings (SSSR count). The maximum Gasteiger partial charge on any atom is 0.0213 e. The minimum Gasteiger partial charge on any atom is -0.313 e. The third-order valence-electron chi connectivity index (χ3n) is 1.86. The highest BCUT2D eigenvalue weighted by atomic mass is 32.2. The van der Waals surface area contributed by atoms with Crippen molar-refractivity contribution in [2.24, 2.45) is 0 Å². The van der Waals surface area contributed by atoms with Gasteiger partial charge < -0.3 is 5.32 Å². The summed E-state index contributed by atoms with van der Waals surface area (Å²) in [6, 6.07) is 2.18. The van der Waals surface area contributed by atoms with Crippen molar-refractivity contribution in [1.29, 1.82) is 0 Å². The molecule has 1 N–H and O–H groups in total. The molecule has 0 aliphatic heterocycles. The lowest BCUT2D eigenvalue weighted by Gasteiger charge is -2.02. The Bertz CT molecular complexity index is 197. The zero-order chi connectivity index (χ0) is 9.36. The van der Waals surface area contributed by atoms with Crippen LogP contribution in [-0.4, -0.2) is 18.6 Å². The number of nitrogens with one attached hydrogen (secondary N) is 1. The second-order valence-corrected chi connectivity index (χ2v) is 4.77. The fourth-order valence-corrected chi connectivity index (χ4v) is 2.28. The zero-order valence-electron chi connectivity index (χ0n) is 8.08. The van der Waals surface area contributed by atoms with Gasteiger partial charge in [0.15, 0.2) is 0 Å². The van der Waals surface area contributed by atoms with Gasteiger partial charge in [-0.15, -0.1) is 0 Å². The summed E-state index contributed by atoms with van der Waals surface area (Å²) in [7, 11) is 0. The lowest BCUT2D eigenvalue weighted by molar-refractivity contribution is 0.645. The fraction of sp³-hybridized carbons (Fsp3) is 0.600. The summed E-state index contributed by atoms with van der Waals surface area (Å²) in [5, 5.41) is 7.78. The Morgan fingerprint density at radius 1 is 1.46 bits per heavy atom. The average Bonchev–Trinajstić information content (AvgIpc) is 2.63. The van der Waals surface area contributed by atoms with Crippen molar-refractivity contribution in [2.75, 3.05) is 18.6 Å². The summed E-state index contributed by atoms with van der Waals surface area (Å²) >= 11 is 3.70. The van der Waals surface area contributed by atoms with Crippen LogP contribution in [0.3, 0.4) is 0 Å². The standard InChI is InChI=1S/C10H17NS2/c1-12-6-3-2-5-11-8-10-4-7-13-9-10/h4,7,9,11H,2-3,5-6,8H2,1H3. The second kappa shape index (κ2) is 7.42. The van der Waals surface area contributed by atoms with Gasteiger partial charge in [0.25, 0.3) is 0 Å². The third kappa shape index (κ3) is 5.34. The van der Waals surface area contributed by atoms with Gasteiger partial charge in [0.2, 0.25) is 0 Å². The van der Waals surface area contributed by atoms with Gasteiger partial charge in [0.05, 0.1) is 0 Å². The minimum absolute atomic E-state index is 1.03. The van der Waals surface area contributed by atoms with Crippen LogP contribution in [0.2, 0.25) is 0 Å². The number of thiophene rings is 1. The van der Waals surface area contributed by atoms with Gasteiger partial charge in [-0.3, -0.25) is 0 Å². The van der Waals surface area contributed by atoms with E-state index in [2.05, 4.69) is 28.4 Å². The van der Waals surface area contributed by atoms with E-state index < -0.39 is 0 Å². The highest BCUT2D eigenvalue weighted by molar-refractivity contribution is 7.98. The molecule has 1 aromatic rings. The Kier molecular flexibility index (Phi) is 6.33. The Hall–Kier alpha value is 0.01000. The van der Waals surface area contributed by atoms with Gasteiger partial charge in [0, 0.05) is 6.54 Å². The van der Waals surface area contributed by atoms with Gasteiger partial charge in [-0.1, -0.05) is 0 Å². The van der Waals surface area contributed by atoms with Crippen molar-refractivity contribution in [3.05, 3.63) is 22.4 Å². The Balaban J connectivity index is 1.90. The molecule has 13 heavy (non-hydrogen) atoms. The van der Waals surface area contributed by atoms with Crippen LogP contribution in [0.15, 0.2) is 16.8 Å². The van der Waals surface area contributed by atoms with E-state index in [1.807, 2.05) is 11.8 Å². The number of hydrogen-bond acceptors (Lipinski definition) is 3. The van der Waals surface area contributed by atoms with E-state index in [0.717, 1.165) is 13.1 Å². The molecule has 0 fully saturated rings. The number of thioether (sulfide) groups is 1. The quantitative estimate of drug-likeness (QED) is 0.702. The largest absolute Gasteiger partial charge is 0.313 e. The minimum atomic E-state index is 1.03. The first kappa shape index (κ1) is 11.1. The molecule has 0 saturated carbocycles. The molecule has 0 unspecified atom stereocenters. The summed E-state index contributed by atoms with van der Waals surface area (Å²) in [6.45, 7) is 2.18. The molecule has 0 aromatic carbocycles. The summed E-state index contributed by atoms with van der Waals surface area (Å²) < 4.78 is 0. The van der Waals surface area contributed by atoms with Gasteiger partial charge >= 0.3 is 0 Å². The van der Waals surface area contributed by atoms with Crippen LogP contribution in [0, 0.1) is 0 Å². The van der Waals surface area contributed by atoms with Crippen LogP contribution in [0.1, 0.15) is 18.4 Å². The van der Waals surface area contributed by atoms with E-state index in [1.165, 1.54) is 24.2 Å². The van der Waals surface area contributed by atoms with E-state index in [4.69, 9.17) is 0 Å². The third-order valence-corrected chi connectivity index (χ3v) is 3.29. The first-order valence-electron chi connectivity index (χ1n) is 4.64. The maximum atomic E-state index is 3.44. The van der Waals surface area contributed by atoms with Crippen molar-refractivity contribution in [3.63, 3.8) is 0 Å². The highest BCUT2D eigenvalue weighted by Gasteiger charge is 1.91. The van der Waals surface area contributed by atoms with Crippen molar-refractivity contribution in [1.82, 2.24) is 5.32 Å². The van der Waals surface area contributed by atoms with Crippen molar-refractivity contribution in [2.45, 2.75) is 19.4 Å². The maximum absolute atomic E-state index is 3.44. The monoisotopic (exact) mass is 215 g/mol. The molecule has 74 valence electrons. The molecule has 0 atom stereocenters. The van der Waals surface area contributed by atoms with E-state index in [0.29, 0.717) is 0 Å². The predicted octanol–water partition coefficient (Wildman–Crippen LogP) is 2.98. The van der Waals surface area contributed by atoms with Gasteiger partial charge in [-0.05, 0) is 53.8 Å². The summed E-state index contributed by atoms with van der Waals surface area (Å²) in [5.41, 5.74) is 1.41. The molecule has 0 bridgehead atoms. The van der Waals surface area contributed by atoms with Gasteiger partial charge in [-0.2, -0.15) is 23.1 Å². The topological polar surface area (TPSA) is 12.0 Å². The summed E-state index contributed by atoms with van der Waals surface area (Å²) in [5.74, 6) is 1.29. The Morgan fingerprint density at radius 2 is 2.38 bits per heavy atom. The zero-order valence-corrected chi connectivity index (χ0v) is 9.72. The summed E-state index contributed by atoms with van der Waals surface area (Å²) in [6.07, 6.45) is 4.79. The molecular formula is C10H17NS2. The molecule has 3 heteroatoms. The van der Waals surface area contributed by atoms with Crippen LogP contribution in [0.4, 0.5) is 0 Å². The van der Waals surface area contributed by atoms with Crippen LogP contribution in [0.25, 0.3) is 0 Å². The molecule has 1 nitrogen and oxygen atoms in total. The molecule has 0 radical (unpaired) electrons. The van der Waals surface area contributed by atoms with Crippen LogP contribution < -0.4 is 5.32 Å². The molecular weight excluding hydrogens is 198 g/mol. The van der Waals surface area contributed by atoms with Crippen molar-refractivity contribution >= 4 is 23.1 Å². The van der Waals surface area contributed by atoms with Crippen LogP contribution >= 0.6 is 23.1 Å². The lowest BCUT2D eigenvalue weighted by Crippen LogP contribution is -2.14. The Morgan fingerprint density at radius 3 is 3.08 bits per heavy atom. The SMILES string of the molecule is CSCCCCNCc1ccsc1. The average molecular weight is 215 g/mol. The highest BCUT2D eigenvalue weighted by Crippen LogP contribution is 2.05. The normalized spacial score (nSPS) is 10.5. The molecule has 1 aromatic heterocycles. The van der Waals surface area contributed by atoms with E-state index in [-0.39, 0.29) is 0 Å². The molecule has 0 spiro atoms. The number of hydrogen-bond donors (Lipinski definition) is 1. The molecule has 0 saturated heterocycles. The van der Waals surface area contributed by atoms with E-state index in [1.54, 1.807) is 11.3 Å². The van der Waals surface area contributed by atoms with E-state index >= 15 is 0 Å². The molecule has 0 amide bonds. The Labute approximate surface area is 88.9 Å². The van der Waals surface area contributed by atoms with Gasteiger partial charge in [-0.25, -0.2) is 0 Å². The number of rotatable bonds is 7. The first-order valence-corrected chi connectivity index (χ1v) is 6.98. The smallest absolute Gasteiger partial charge is 0.0213 e. The second-order valence-electron chi connectivity index (χ2n) is 3.01. The molecule has 1 heterocycles. The van der Waals surface area contributed by atoms with Crippen molar-refractivity contribution < 1.29 is 0 Å². The van der Waals surface area contributed by atoms with Crippen LogP contribution in [-0.2, 0) is 6.54 Å². The predicted molar refractivity (Wildman–Crippen MR) is 63.6 cm³/mol. The van der Waals surface area contributed by atoms with Crippen molar-refractivity contribution in [3.8, 4) is 0 Å². The number of unbranched alkanes of at least 4 members (excludes halogenated alkanes) is 1. The summed E-state index contributed by atoms with van der Waals surface area (Å²) in [4.78, 5) is 0. The lowest BCUT2D eigenvalue weighted by atomic mass is 10.3. The fourth-order valence-electron chi connectivity index (χ4n) is 1.12.